The summed E-state index contributed by atoms with van der Waals surface area (Å²) in [5, 5.41) is 24.9. The Kier molecular flexibility index (Phi) is 5.38. The van der Waals surface area contributed by atoms with Crippen molar-refractivity contribution in [1.82, 2.24) is 9.97 Å². The molecule has 0 saturated heterocycles. The maximum Gasteiger partial charge on any atom is 0.271 e. The number of nitro groups is 1. The lowest BCUT2D eigenvalue weighted by Crippen LogP contribution is -2.15. The summed E-state index contributed by atoms with van der Waals surface area (Å²) in [7, 11) is 0. The third-order valence-electron chi connectivity index (χ3n) is 2.69. The molecule has 0 unspecified atom stereocenters. The van der Waals surface area contributed by atoms with Gasteiger partial charge in [-0.05, 0) is 12.1 Å². The molecule has 0 spiro atoms. The average Bonchev–Trinajstić information content (AvgIpc) is 2.58. The van der Waals surface area contributed by atoms with Crippen LogP contribution in [0.4, 0.5) is 17.3 Å². The minimum absolute atomic E-state index is 0.0213. The molecule has 1 amide bonds. The molecular formula is C14H9ClN6O3. The minimum atomic E-state index is -0.789. The Hall–Kier alpha value is -3.51. The fourth-order valence-corrected chi connectivity index (χ4v) is 1.74. The van der Waals surface area contributed by atoms with Crippen LogP contribution in [0.2, 0.25) is 5.02 Å². The molecule has 2 aromatic rings. The van der Waals surface area contributed by atoms with Crippen LogP contribution in [0.3, 0.4) is 0 Å². The normalized spacial score (nSPS) is 10.6. The number of aromatic nitrogens is 2. The summed E-state index contributed by atoms with van der Waals surface area (Å²) in [5.41, 5.74) is -0.508. The van der Waals surface area contributed by atoms with Crippen LogP contribution in [0.1, 0.15) is 0 Å². The first-order valence-electron chi connectivity index (χ1n) is 6.40. The first kappa shape index (κ1) is 16.9. The van der Waals surface area contributed by atoms with Gasteiger partial charge in [0.2, 0.25) is 5.95 Å². The number of amides is 1. The Labute approximate surface area is 140 Å². The Morgan fingerprint density at radius 2 is 2.08 bits per heavy atom. The van der Waals surface area contributed by atoms with E-state index in [9.17, 15) is 14.9 Å². The molecule has 24 heavy (non-hydrogen) atoms. The maximum absolute atomic E-state index is 12.1. The molecule has 0 radical (unpaired) electrons. The van der Waals surface area contributed by atoms with Crippen molar-refractivity contribution < 1.29 is 9.72 Å². The fraction of sp³-hybridized carbons (Fsp3) is 0. The molecule has 2 rings (SSSR count). The van der Waals surface area contributed by atoms with Crippen LogP contribution in [-0.4, -0.2) is 20.8 Å². The predicted octanol–water partition coefficient (Wildman–Crippen LogP) is 2.50. The average molecular weight is 345 g/mol. The number of non-ortho nitro benzene ring substituents is 1. The van der Waals surface area contributed by atoms with Gasteiger partial charge in [0.25, 0.3) is 11.6 Å². The van der Waals surface area contributed by atoms with E-state index >= 15 is 0 Å². The van der Waals surface area contributed by atoms with Crippen LogP contribution in [0.15, 0.2) is 48.4 Å². The van der Waals surface area contributed by atoms with Gasteiger partial charge in [-0.25, -0.2) is 9.97 Å². The standard InChI is InChI=1S/C14H9ClN6O3/c15-11-3-2-10(21(23)24)6-12(11)20-13(22)9(7-16)8-19-14-17-4-1-5-18-14/h1-6,8H,(H,20,22)(H,17,18,19)/b9-8-. The van der Waals surface area contributed by atoms with E-state index in [0.717, 1.165) is 12.3 Å². The van der Waals surface area contributed by atoms with Crippen LogP contribution < -0.4 is 10.6 Å². The summed E-state index contributed by atoms with van der Waals surface area (Å²) in [6, 6.07) is 6.89. The van der Waals surface area contributed by atoms with Gasteiger partial charge in [0.1, 0.15) is 11.6 Å². The lowest BCUT2D eigenvalue weighted by molar-refractivity contribution is -0.384. The molecule has 0 fully saturated rings. The quantitative estimate of drug-likeness (QED) is 0.368. The number of carbonyl (C=O) groups is 1. The predicted molar refractivity (Wildman–Crippen MR) is 86.1 cm³/mol. The number of nitrogens with one attached hydrogen (secondary N) is 2. The largest absolute Gasteiger partial charge is 0.329 e. The lowest BCUT2D eigenvalue weighted by atomic mass is 10.2. The number of hydrogen-bond acceptors (Lipinski definition) is 7. The number of rotatable bonds is 5. The van der Waals surface area contributed by atoms with Crippen molar-refractivity contribution >= 4 is 34.8 Å². The molecule has 9 nitrogen and oxygen atoms in total. The topological polar surface area (TPSA) is 134 Å². The third kappa shape index (κ3) is 4.25. The van der Waals surface area contributed by atoms with Crippen molar-refractivity contribution in [3.8, 4) is 6.07 Å². The molecule has 1 heterocycles. The Balaban J connectivity index is 2.17. The molecule has 0 aliphatic carbocycles. The summed E-state index contributed by atoms with van der Waals surface area (Å²) < 4.78 is 0. The molecule has 1 aromatic heterocycles. The van der Waals surface area contributed by atoms with Crippen molar-refractivity contribution in [3.05, 3.63) is 63.6 Å². The Morgan fingerprint density at radius 1 is 1.38 bits per heavy atom. The minimum Gasteiger partial charge on any atom is -0.329 e. The van der Waals surface area contributed by atoms with Gasteiger partial charge in [0, 0.05) is 30.7 Å². The summed E-state index contributed by atoms with van der Waals surface area (Å²) >= 11 is 5.89. The number of nitrogens with zero attached hydrogens (tertiary/aromatic N) is 4. The van der Waals surface area contributed by atoms with Crippen molar-refractivity contribution in [1.29, 1.82) is 5.26 Å². The zero-order chi connectivity index (χ0) is 17.5. The molecule has 120 valence electrons. The Morgan fingerprint density at radius 3 is 2.71 bits per heavy atom. The monoisotopic (exact) mass is 344 g/mol. The van der Waals surface area contributed by atoms with Gasteiger partial charge in [0.15, 0.2) is 0 Å². The zero-order valence-corrected chi connectivity index (χ0v) is 12.7. The summed E-state index contributed by atoms with van der Waals surface area (Å²) in [6.07, 6.45) is 4.09. The van der Waals surface area contributed by atoms with Crippen molar-refractivity contribution in [2.45, 2.75) is 0 Å². The van der Waals surface area contributed by atoms with Crippen LogP contribution in [-0.2, 0) is 4.79 Å². The van der Waals surface area contributed by atoms with Crippen LogP contribution in [0.25, 0.3) is 0 Å². The number of nitro benzene ring substituents is 1. The summed E-state index contributed by atoms with van der Waals surface area (Å²) in [6.45, 7) is 0. The van der Waals surface area contributed by atoms with Crippen LogP contribution >= 0.6 is 11.6 Å². The van der Waals surface area contributed by atoms with Crippen LogP contribution in [0, 0.1) is 21.4 Å². The third-order valence-corrected chi connectivity index (χ3v) is 3.02. The highest BCUT2D eigenvalue weighted by molar-refractivity contribution is 6.34. The SMILES string of the molecule is N#C/C(=C/Nc1ncccn1)C(=O)Nc1cc([N+](=O)[O-])ccc1Cl. The van der Waals surface area contributed by atoms with E-state index < -0.39 is 10.8 Å². The first-order valence-corrected chi connectivity index (χ1v) is 6.78. The van der Waals surface area contributed by atoms with E-state index in [2.05, 4.69) is 20.6 Å². The second kappa shape index (κ2) is 7.66. The number of nitriles is 1. The second-order valence-corrected chi connectivity index (χ2v) is 4.67. The van der Waals surface area contributed by atoms with E-state index in [1.807, 2.05) is 0 Å². The highest BCUT2D eigenvalue weighted by atomic mass is 35.5. The highest BCUT2D eigenvalue weighted by Crippen LogP contribution is 2.27. The smallest absolute Gasteiger partial charge is 0.271 e. The second-order valence-electron chi connectivity index (χ2n) is 4.26. The number of halogens is 1. The molecule has 0 aliphatic heterocycles. The number of carbonyl (C=O) groups excluding carboxylic acids is 1. The van der Waals surface area contributed by atoms with Gasteiger partial charge >= 0.3 is 0 Å². The molecule has 0 atom stereocenters. The number of benzene rings is 1. The first-order chi connectivity index (χ1) is 11.5. The molecular weight excluding hydrogens is 336 g/mol. The van der Waals surface area contributed by atoms with E-state index in [4.69, 9.17) is 16.9 Å². The molecule has 10 heteroatoms. The zero-order valence-electron chi connectivity index (χ0n) is 11.9. The van der Waals surface area contributed by atoms with Gasteiger partial charge in [-0.15, -0.1) is 0 Å². The van der Waals surface area contributed by atoms with Gasteiger partial charge in [-0.3, -0.25) is 14.9 Å². The summed E-state index contributed by atoms with van der Waals surface area (Å²) in [4.78, 5) is 30.0. The fourth-order valence-electron chi connectivity index (χ4n) is 1.57. The van der Waals surface area contributed by atoms with E-state index in [1.165, 1.54) is 24.5 Å². The number of anilines is 2. The van der Waals surface area contributed by atoms with Crippen molar-refractivity contribution in [2.75, 3.05) is 10.6 Å². The Bertz CT molecular complexity index is 847. The van der Waals surface area contributed by atoms with Gasteiger partial charge in [0.05, 0.1) is 15.6 Å². The highest BCUT2D eigenvalue weighted by Gasteiger charge is 2.15. The molecule has 0 aliphatic rings. The summed E-state index contributed by atoms with van der Waals surface area (Å²) in [5.74, 6) is -0.588. The number of hydrogen-bond donors (Lipinski definition) is 2. The van der Waals surface area contributed by atoms with Gasteiger partial charge in [-0.2, -0.15) is 5.26 Å². The lowest BCUT2D eigenvalue weighted by Gasteiger charge is -2.06. The van der Waals surface area contributed by atoms with E-state index in [0.29, 0.717) is 0 Å². The van der Waals surface area contributed by atoms with Crippen LogP contribution in [0.5, 0.6) is 0 Å². The van der Waals surface area contributed by atoms with Gasteiger partial charge < -0.3 is 10.6 Å². The molecule has 1 aromatic carbocycles. The molecule has 2 N–H and O–H groups in total. The van der Waals surface area contributed by atoms with Crippen molar-refractivity contribution in [2.24, 2.45) is 0 Å². The molecule has 0 bridgehead atoms. The van der Waals surface area contributed by atoms with E-state index in [1.54, 1.807) is 12.1 Å². The van der Waals surface area contributed by atoms with Gasteiger partial charge in [-0.1, -0.05) is 11.6 Å². The van der Waals surface area contributed by atoms with Crippen molar-refractivity contribution in [3.63, 3.8) is 0 Å². The molecule has 0 saturated carbocycles. The maximum atomic E-state index is 12.1. The van der Waals surface area contributed by atoms with E-state index in [-0.39, 0.29) is 27.9 Å².